The van der Waals surface area contributed by atoms with Crippen LogP contribution in [0, 0.1) is 0 Å². The van der Waals surface area contributed by atoms with Crippen molar-refractivity contribution in [2.24, 2.45) is 5.73 Å². The molecule has 0 heterocycles. The lowest BCUT2D eigenvalue weighted by Crippen LogP contribution is -2.47. The van der Waals surface area contributed by atoms with Crippen LogP contribution in [0.3, 0.4) is 0 Å². The zero-order valence-corrected chi connectivity index (χ0v) is 11.6. The molecule has 1 rings (SSSR count). The molecule has 0 amide bonds. The monoisotopic (exact) mass is 254 g/mol. The molecule has 0 spiro atoms. The van der Waals surface area contributed by atoms with Crippen molar-refractivity contribution >= 4 is 5.69 Å². The summed E-state index contributed by atoms with van der Waals surface area (Å²) in [6.45, 7) is 7.87. The first-order chi connectivity index (χ1) is 8.30. The summed E-state index contributed by atoms with van der Waals surface area (Å²) in [6, 6.07) is 0. The van der Waals surface area contributed by atoms with Crippen molar-refractivity contribution in [1.82, 2.24) is 0 Å². The van der Waals surface area contributed by atoms with Crippen molar-refractivity contribution in [3.05, 3.63) is 26.0 Å². The number of hydrogen-bond acceptors (Lipinski definition) is 5. The van der Waals surface area contributed by atoms with Gasteiger partial charge in [0.1, 0.15) is 0 Å². The Morgan fingerprint density at radius 2 is 1.78 bits per heavy atom. The van der Waals surface area contributed by atoms with Crippen LogP contribution in [-0.2, 0) is 10.2 Å². The van der Waals surface area contributed by atoms with E-state index in [0.717, 1.165) is 0 Å². The van der Waals surface area contributed by atoms with E-state index in [0.29, 0.717) is 37.6 Å². The molecule has 0 atom stereocenters. The lowest BCUT2D eigenvalue weighted by Gasteiger charge is -2.29. The lowest BCUT2D eigenvalue weighted by atomic mass is 9.82. The fourth-order valence-electron chi connectivity index (χ4n) is 1.94. The number of ether oxygens (including phenoxy) is 1. The van der Waals surface area contributed by atoms with Gasteiger partial charge in [-0.15, -0.1) is 0 Å². The SMILES string of the molecule is CN(CCOCCN)c1c(C(C)(C)C)c(=O)c1=O. The van der Waals surface area contributed by atoms with Crippen LogP contribution >= 0.6 is 0 Å². The highest BCUT2D eigenvalue weighted by atomic mass is 16.5. The van der Waals surface area contributed by atoms with E-state index in [1.165, 1.54) is 0 Å². The normalized spacial score (nSPS) is 12.1. The molecule has 5 heteroatoms. The first-order valence-corrected chi connectivity index (χ1v) is 6.13. The molecule has 1 aromatic carbocycles. The van der Waals surface area contributed by atoms with E-state index in [1.807, 2.05) is 20.8 Å². The van der Waals surface area contributed by atoms with Gasteiger partial charge < -0.3 is 15.4 Å². The lowest BCUT2D eigenvalue weighted by molar-refractivity contribution is 0.148. The molecule has 0 radical (unpaired) electrons. The van der Waals surface area contributed by atoms with Crippen LogP contribution in [0.4, 0.5) is 5.69 Å². The summed E-state index contributed by atoms with van der Waals surface area (Å²) in [4.78, 5) is 25.0. The van der Waals surface area contributed by atoms with Crippen molar-refractivity contribution in [1.29, 1.82) is 0 Å². The summed E-state index contributed by atoms with van der Waals surface area (Å²) >= 11 is 0. The van der Waals surface area contributed by atoms with Gasteiger partial charge in [-0.05, 0) is 5.41 Å². The quantitative estimate of drug-likeness (QED) is 0.571. The Hall–Kier alpha value is -1.20. The van der Waals surface area contributed by atoms with Gasteiger partial charge in [0, 0.05) is 25.7 Å². The Kier molecular flexibility index (Phi) is 4.65. The van der Waals surface area contributed by atoms with Gasteiger partial charge in [-0.3, -0.25) is 9.59 Å². The van der Waals surface area contributed by atoms with E-state index in [2.05, 4.69) is 0 Å². The van der Waals surface area contributed by atoms with Gasteiger partial charge in [-0.1, -0.05) is 20.8 Å². The summed E-state index contributed by atoms with van der Waals surface area (Å²) in [7, 11) is 1.80. The Balaban J connectivity index is 2.75. The van der Waals surface area contributed by atoms with E-state index in [4.69, 9.17) is 10.5 Å². The van der Waals surface area contributed by atoms with E-state index in [1.54, 1.807) is 11.9 Å². The molecule has 0 saturated heterocycles. The summed E-state index contributed by atoms with van der Waals surface area (Å²) in [5.74, 6) is 0. The van der Waals surface area contributed by atoms with Crippen LogP contribution in [0.25, 0.3) is 0 Å². The highest BCUT2D eigenvalue weighted by Crippen LogP contribution is 2.27. The van der Waals surface area contributed by atoms with Crippen molar-refractivity contribution in [3.8, 4) is 0 Å². The Morgan fingerprint density at radius 3 is 2.28 bits per heavy atom. The van der Waals surface area contributed by atoms with E-state index >= 15 is 0 Å². The number of nitrogens with two attached hydrogens (primary N) is 1. The van der Waals surface area contributed by atoms with Crippen molar-refractivity contribution in [2.75, 3.05) is 38.3 Å². The van der Waals surface area contributed by atoms with Crippen LogP contribution < -0.4 is 21.5 Å². The zero-order chi connectivity index (χ0) is 13.9. The summed E-state index contributed by atoms with van der Waals surface area (Å²) in [6.07, 6.45) is 0. The fraction of sp³-hybridized carbons (Fsp3) is 0.692. The molecule has 0 aliphatic rings. The van der Waals surface area contributed by atoms with Gasteiger partial charge >= 0.3 is 0 Å². The Bertz CT molecular complexity index is 467. The molecule has 1 aromatic rings. The highest BCUT2D eigenvalue weighted by Gasteiger charge is 2.31. The van der Waals surface area contributed by atoms with Gasteiger partial charge in [0.05, 0.1) is 18.9 Å². The van der Waals surface area contributed by atoms with Gasteiger partial charge in [0.2, 0.25) is 10.9 Å². The zero-order valence-electron chi connectivity index (χ0n) is 11.6. The van der Waals surface area contributed by atoms with Crippen molar-refractivity contribution < 1.29 is 4.74 Å². The van der Waals surface area contributed by atoms with E-state index < -0.39 is 0 Å². The molecule has 0 unspecified atom stereocenters. The Morgan fingerprint density at radius 1 is 1.17 bits per heavy atom. The predicted octanol–water partition coefficient (Wildman–Crippen LogP) is -0.00840. The van der Waals surface area contributed by atoms with Gasteiger partial charge in [-0.2, -0.15) is 0 Å². The molecule has 102 valence electrons. The van der Waals surface area contributed by atoms with Crippen LogP contribution in [0.1, 0.15) is 26.3 Å². The summed E-state index contributed by atoms with van der Waals surface area (Å²) in [5.41, 5.74) is 5.42. The number of anilines is 1. The van der Waals surface area contributed by atoms with Gasteiger partial charge in [-0.25, -0.2) is 0 Å². The Labute approximate surface area is 107 Å². The topological polar surface area (TPSA) is 72.6 Å². The smallest absolute Gasteiger partial charge is 0.249 e. The molecule has 0 aliphatic heterocycles. The minimum absolute atomic E-state index is 0.299. The van der Waals surface area contributed by atoms with Crippen LogP contribution in [0.15, 0.2) is 9.59 Å². The molecule has 0 bridgehead atoms. The molecule has 0 fully saturated rings. The molecular weight excluding hydrogens is 232 g/mol. The predicted molar refractivity (Wildman–Crippen MR) is 73.2 cm³/mol. The molecule has 0 saturated carbocycles. The average molecular weight is 254 g/mol. The second-order valence-corrected chi connectivity index (χ2v) is 5.45. The third-order valence-corrected chi connectivity index (χ3v) is 2.85. The number of hydrogen-bond donors (Lipinski definition) is 1. The molecule has 5 nitrogen and oxygen atoms in total. The largest absolute Gasteiger partial charge is 0.378 e. The molecule has 18 heavy (non-hydrogen) atoms. The van der Waals surface area contributed by atoms with E-state index in [-0.39, 0.29) is 16.3 Å². The standard InChI is InChI=1S/C13H22N2O3/c1-13(2,3)9-10(12(17)11(9)16)15(4)6-8-18-7-5-14/h5-8,14H2,1-4H3. The first-order valence-electron chi connectivity index (χ1n) is 6.13. The number of nitrogens with zero attached hydrogens (tertiary/aromatic N) is 1. The second-order valence-electron chi connectivity index (χ2n) is 5.45. The van der Waals surface area contributed by atoms with E-state index in [9.17, 15) is 9.59 Å². The average Bonchev–Trinajstić information content (AvgIpc) is 2.28. The third kappa shape index (κ3) is 2.97. The number of rotatable bonds is 6. The maximum Gasteiger partial charge on any atom is 0.249 e. The minimum Gasteiger partial charge on any atom is -0.378 e. The van der Waals surface area contributed by atoms with Crippen LogP contribution in [0.2, 0.25) is 0 Å². The molecular formula is C13H22N2O3. The number of likely N-dealkylation sites (N-methyl/N-ethyl adjacent to an activating group) is 1. The maximum absolute atomic E-state index is 11.6. The third-order valence-electron chi connectivity index (χ3n) is 2.85. The van der Waals surface area contributed by atoms with Crippen LogP contribution in [-0.4, -0.2) is 33.4 Å². The van der Waals surface area contributed by atoms with Gasteiger partial charge in [0.15, 0.2) is 0 Å². The first kappa shape index (κ1) is 14.9. The molecule has 0 aromatic heterocycles. The van der Waals surface area contributed by atoms with Crippen molar-refractivity contribution in [3.63, 3.8) is 0 Å². The van der Waals surface area contributed by atoms with Crippen molar-refractivity contribution in [2.45, 2.75) is 26.2 Å². The maximum atomic E-state index is 11.6. The summed E-state index contributed by atoms with van der Waals surface area (Å²) in [5, 5.41) is 0. The fourth-order valence-corrected chi connectivity index (χ4v) is 1.94. The summed E-state index contributed by atoms with van der Waals surface area (Å²) < 4.78 is 5.27. The molecule has 0 aliphatic carbocycles. The van der Waals surface area contributed by atoms with Gasteiger partial charge in [0.25, 0.3) is 0 Å². The molecule has 2 N–H and O–H groups in total. The highest BCUT2D eigenvalue weighted by molar-refractivity contribution is 5.60. The van der Waals surface area contributed by atoms with Crippen LogP contribution in [0.5, 0.6) is 0 Å². The second kappa shape index (κ2) is 5.63. The minimum atomic E-state index is -0.388.